The summed E-state index contributed by atoms with van der Waals surface area (Å²) in [6.45, 7) is 7.64. The molecule has 0 saturated carbocycles. The van der Waals surface area contributed by atoms with Gasteiger partial charge in [-0.05, 0) is 44.2 Å². The minimum atomic E-state index is -0.129. The highest BCUT2D eigenvalue weighted by molar-refractivity contribution is 5.96. The summed E-state index contributed by atoms with van der Waals surface area (Å²) >= 11 is 0. The van der Waals surface area contributed by atoms with E-state index in [9.17, 15) is 9.59 Å². The molecule has 0 spiro atoms. The summed E-state index contributed by atoms with van der Waals surface area (Å²) in [5.41, 5.74) is 1.67. The van der Waals surface area contributed by atoms with Crippen LogP contribution < -0.4 is 4.74 Å². The molecule has 166 valence electrons. The topological polar surface area (TPSA) is 75.6 Å². The van der Waals surface area contributed by atoms with Gasteiger partial charge in [0.2, 0.25) is 0 Å². The summed E-state index contributed by atoms with van der Waals surface area (Å²) in [6.07, 6.45) is 5.56. The summed E-state index contributed by atoms with van der Waals surface area (Å²) < 4.78 is 6.15. The van der Waals surface area contributed by atoms with Crippen molar-refractivity contribution in [2.45, 2.75) is 46.1 Å². The number of benzene rings is 1. The second kappa shape index (κ2) is 10.4. The summed E-state index contributed by atoms with van der Waals surface area (Å²) in [5, 5.41) is 0. The van der Waals surface area contributed by atoms with Gasteiger partial charge in [-0.25, -0.2) is 4.98 Å². The smallest absolute Gasteiger partial charge is 0.274 e. The second-order valence-electron chi connectivity index (χ2n) is 8.57. The number of nitrogens with zero attached hydrogens (tertiary/aromatic N) is 4. The lowest BCUT2D eigenvalue weighted by molar-refractivity contribution is 0.0553. The van der Waals surface area contributed by atoms with Gasteiger partial charge in [0, 0.05) is 26.3 Å². The molecule has 31 heavy (non-hydrogen) atoms. The Morgan fingerprint density at radius 3 is 2.61 bits per heavy atom. The first-order chi connectivity index (χ1) is 14.9. The van der Waals surface area contributed by atoms with Crippen molar-refractivity contribution in [3.8, 4) is 5.75 Å². The van der Waals surface area contributed by atoms with Crippen LogP contribution in [0.3, 0.4) is 0 Å². The number of carbonyl (C=O) groups is 2. The first-order valence-electron chi connectivity index (χ1n) is 10.9. The van der Waals surface area contributed by atoms with Crippen LogP contribution in [0, 0.1) is 12.8 Å². The first-order valence-corrected chi connectivity index (χ1v) is 10.9. The average Bonchev–Trinajstić information content (AvgIpc) is 2.75. The van der Waals surface area contributed by atoms with E-state index in [1.807, 2.05) is 30.0 Å². The summed E-state index contributed by atoms with van der Waals surface area (Å²) in [4.78, 5) is 38.4. The number of fused-ring (bicyclic) bond motifs is 1. The lowest BCUT2D eigenvalue weighted by atomic mass is 10.0. The highest BCUT2D eigenvalue weighted by Crippen LogP contribution is 2.23. The molecule has 2 aromatic rings. The Morgan fingerprint density at radius 1 is 1.16 bits per heavy atom. The van der Waals surface area contributed by atoms with Crippen LogP contribution in [-0.4, -0.2) is 64.4 Å². The Bertz CT molecular complexity index is 898. The molecule has 1 aliphatic heterocycles. The Kier molecular flexibility index (Phi) is 7.60. The molecule has 0 N–H and O–H groups in total. The van der Waals surface area contributed by atoms with Crippen LogP contribution in [0.4, 0.5) is 0 Å². The van der Waals surface area contributed by atoms with Crippen LogP contribution in [0.1, 0.15) is 59.7 Å². The Labute approximate surface area is 184 Å². The van der Waals surface area contributed by atoms with Gasteiger partial charge >= 0.3 is 0 Å². The van der Waals surface area contributed by atoms with Gasteiger partial charge in [-0.1, -0.05) is 26.0 Å². The molecule has 0 fully saturated rings. The minimum absolute atomic E-state index is 0.0422. The third-order valence-corrected chi connectivity index (χ3v) is 5.48. The van der Waals surface area contributed by atoms with Crippen molar-refractivity contribution in [3.05, 3.63) is 53.6 Å². The van der Waals surface area contributed by atoms with Gasteiger partial charge in [-0.3, -0.25) is 14.6 Å². The van der Waals surface area contributed by atoms with E-state index in [1.165, 1.54) is 0 Å². The van der Waals surface area contributed by atoms with E-state index in [0.717, 1.165) is 25.0 Å². The quantitative estimate of drug-likeness (QED) is 0.753. The van der Waals surface area contributed by atoms with Crippen LogP contribution in [-0.2, 0) is 0 Å². The Balaban J connectivity index is 1.93. The number of aryl methyl sites for hydroxylation is 1. The van der Waals surface area contributed by atoms with E-state index < -0.39 is 0 Å². The summed E-state index contributed by atoms with van der Waals surface area (Å²) in [7, 11) is 1.80. The lowest BCUT2D eigenvalue weighted by Gasteiger charge is -2.33. The Morgan fingerprint density at radius 2 is 1.90 bits per heavy atom. The number of hydrogen-bond donors (Lipinski definition) is 0. The normalized spacial score (nSPS) is 18.1. The summed E-state index contributed by atoms with van der Waals surface area (Å²) in [6, 6.07) is 7.19. The molecule has 0 saturated heterocycles. The molecule has 0 radical (unpaired) electrons. The van der Waals surface area contributed by atoms with Gasteiger partial charge in [-0.2, -0.15) is 0 Å². The van der Waals surface area contributed by atoms with Gasteiger partial charge < -0.3 is 14.5 Å². The maximum Gasteiger partial charge on any atom is 0.274 e. The molecule has 3 rings (SSSR count). The number of carbonyl (C=O) groups excluding carboxylic acids is 2. The molecule has 7 nitrogen and oxygen atoms in total. The monoisotopic (exact) mass is 424 g/mol. The fourth-order valence-electron chi connectivity index (χ4n) is 3.82. The molecule has 0 unspecified atom stereocenters. The number of aromatic nitrogens is 2. The molecule has 0 bridgehead atoms. The number of hydrogen-bond acceptors (Lipinski definition) is 5. The van der Waals surface area contributed by atoms with E-state index in [1.54, 1.807) is 30.4 Å². The van der Waals surface area contributed by atoms with Crippen LogP contribution in [0.25, 0.3) is 0 Å². The number of para-hydroxylation sites is 1. The van der Waals surface area contributed by atoms with Crippen molar-refractivity contribution in [1.82, 2.24) is 19.8 Å². The highest BCUT2D eigenvalue weighted by Gasteiger charge is 2.28. The molecule has 7 heteroatoms. The molecule has 1 aliphatic rings. The fraction of sp³-hybridized carbons (Fsp3) is 0.500. The van der Waals surface area contributed by atoms with Gasteiger partial charge in [-0.15, -0.1) is 0 Å². The number of ether oxygens (including phenoxy) is 1. The van der Waals surface area contributed by atoms with Crippen LogP contribution in [0.15, 0.2) is 36.7 Å². The standard InChI is InChI=1S/C24H32N4O3/c1-17(2)13-19-16-31-22-10-6-5-9-20(22)23(29)27(4)11-7-8-12-28(19)24(30)21-15-25-18(3)14-26-21/h5-6,9-10,14-15,17,19H,7-8,11-13,16H2,1-4H3/t19-/m0/s1. The maximum absolute atomic E-state index is 13.4. The second-order valence-corrected chi connectivity index (χ2v) is 8.57. The van der Waals surface area contributed by atoms with Crippen molar-refractivity contribution in [2.24, 2.45) is 5.92 Å². The molecule has 1 aromatic carbocycles. The van der Waals surface area contributed by atoms with E-state index in [0.29, 0.717) is 42.6 Å². The van der Waals surface area contributed by atoms with Crippen molar-refractivity contribution >= 4 is 11.8 Å². The molecule has 1 aromatic heterocycles. The van der Waals surface area contributed by atoms with Crippen LogP contribution in [0.5, 0.6) is 5.75 Å². The fourth-order valence-corrected chi connectivity index (χ4v) is 3.82. The largest absolute Gasteiger partial charge is 0.491 e. The summed E-state index contributed by atoms with van der Waals surface area (Å²) in [5.74, 6) is 0.760. The third-order valence-electron chi connectivity index (χ3n) is 5.48. The molecular weight excluding hydrogens is 392 g/mol. The van der Waals surface area contributed by atoms with Crippen molar-refractivity contribution < 1.29 is 14.3 Å². The minimum Gasteiger partial charge on any atom is -0.491 e. The average molecular weight is 425 g/mol. The highest BCUT2D eigenvalue weighted by atomic mass is 16.5. The SMILES string of the molecule is Cc1cnc(C(=O)N2CCCCN(C)C(=O)c3ccccc3OC[C@@H]2CC(C)C)cn1. The molecule has 1 atom stereocenters. The predicted octanol–water partition coefficient (Wildman–Crippen LogP) is 3.59. The lowest BCUT2D eigenvalue weighted by Crippen LogP contribution is -2.46. The predicted molar refractivity (Wildman–Crippen MR) is 119 cm³/mol. The third kappa shape index (κ3) is 5.81. The number of rotatable bonds is 3. The van der Waals surface area contributed by atoms with E-state index >= 15 is 0 Å². The number of amides is 2. The zero-order valence-corrected chi connectivity index (χ0v) is 18.9. The maximum atomic E-state index is 13.4. The van der Waals surface area contributed by atoms with Gasteiger partial charge in [0.1, 0.15) is 18.1 Å². The van der Waals surface area contributed by atoms with E-state index in [2.05, 4.69) is 23.8 Å². The van der Waals surface area contributed by atoms with Gasteiger partial charge in [0.15, 0.2) is 0 Å². The Hall–Kier alpha value is -2.96. The molecule has 0 aliphatic carbocycles. The van der Waals surface area contributed by atoms with Gasteiger partial charge in [0.25, 0.3) is 11.8 Å². The van der Waals surface area contributed by atoms with Crippen molar-refractivity contribution in [3.63, 3.8) is 0 Å². The first kappa shape index (κ1) is 22.7. The van der Waals surface area contributed by atoms with E-state index in [-0.39, 0.29) is 17.9 Å². The zero-order chi connectivity index (χ0) is 22.4. The zero-order valence-electron chi connectivity index (χ0n) is 18.9. The molecule has 2 heterocycles. The van der Waals surface area contributed by atoms with E-state index in [4.69, 9.17) is 4.74 Å². The van der Waals surface area contributed by atoms with Crippen molar-refractivity contribution in [1.29, 1.82) is 0 Å². The van der Waals surface area contributed by atoms with Crippen molar-refractivity contribution in [2.75, 3.05) is 26.7 Å². The van der Waals surface area contributed by atoms with Crippen LogP contribution in [0.2, 0.25) is 0 Å². The van der Waals surface area contributed by atoms with Crippen LogP contribution >= 0.6 is 0 Å². The molecular formula is C24H32N4O3. The van der Waals surface area contributed by atoms with Gasteiger partial charge in [0.05, 0.1) is 23.5 Å². The molecule has 2 amide bonds.